The maximum absolute atomic E-state index is 12.5. The molecule has 0 saturated heterocycles. The maximum Gasteiger partial charge on any atom is 0.254 e. The van der Waals surface area contributed by atoms with Gasteiger partial charge in [-0.3, -0.25) is 4.79 Å². The normalized spacial score (nSPS) is 14.1. The van der Waals surface area contributed by atoms with Crippen LogP contribution in [0.5, 0.6) is 0 Å². The van der Waals surface area contributed by atoms with Gasteiger partial charge in [0.2, 0.25) is 0 Å². The molecule has 0 aliphatic carbocycles. The number of amides is 1. The van der Waals surface area contributed by atoms with Crippen molar-refractivity contribution in [2.45, 2.75) is 19.3 Å². The van der Waals surface area contributed by atoms with Crippen LogP contribution < -0.4 is 0 Å². The third-order valence-electron chi connectivity index (χ3n) is 3.97. The van der Waals surface area contributed by atoms with Crippen LogP contribution in [-0.2, 0) is 12.8 Å². The predicted octanol–water partition coefficient (Wildman–Crippen LogP) is 4.08. The summed E-state index contributed by atoms with van der Waals surface area (Å²) < 4.78 is 1.05. The first kappa shape index (κ1) is 14.3. The maximum atomic E-state index is 12.5. The van der Waals surface area contributed by atoms with Gasteiger partial charge in [-0.25, -0.2) is 0 Å². The van der Waals surface area contributed by atoms with E-state index in [0.29, 0.717) is 0 Å². The van der Waals surface area contributed by atoms with Crippen molar-refractivity contribution in [1.82, 2.24) is 4.90 Å². The Balaban J connectivity index is 1.60. The van der Waals surface area contributed by atoms with Crippen LogP contribution in [0.4, 0.5) is 0 Å². The standard InChI is InChI=1S/C18H18BrNO/c19-16-8-9-17-15(13-16)10-12-20(18(17)21)11-4-7-14-5-2-1-3-6-14/h1-3,5-6,8-9,13H,4,7,10-12H2. The first-order valence-electron chi connectivity index (χ1n) is 7.35. The Morgan fingerprint density at radius 1 is 1.10 bits per heavy atom. The zero-order valence-electron chi connectivity index (χ0n) is 11.9. The van der Waals surface area contributed by atoms with Gasteiger partial charge in [-0.05, 0) is 48.6 Å². The van der Waals surface area contributed by atoms with Gasteiger partial charge >= 0.3 is 0 Å². The average molecular weight is 344 g/mol. The molecule has 0 spiro atoms. The molecule has 0 saturated carbocycles. The Labute approximate surface area is 133 Å². The average Bonchev–Trinajstić information content (AvgIpc) is 2.50. The zero-order valence-corrected chi connectivity index (χ0v) is 13.5. The number of halogens is 1. The first-order chi connectivity index (χ1) is 10.2. The lowest BCUT2D eigenvalue weighted by Gasteiger charge is -2.28. The van der Waals surface area contributed by atoms with Gasteiger partial charge in [0.25, 0.3) is 5.91 Å². The van der Waals surface area contributed by atoms with Crippen molar-refractivity contribution in [2.24, 2.45) is 0 Å². The van der Waals surface area contributed by atoms with Crippen LogP contribution in [0.2, 0.25) is 0 Å². The summed E-state index contributed by atoms with van der Waals surface area (Å²) in [5.74, 6) is 0.178. The molecular weight excluding hydrogens is 326 g/mol. The van der Waals surface area contributed by atoms with E-state index in [0.717, 1.165) is 48.0 Å². The third-order valence-corrected chi connectivity index (χ3v) is 4.47. The molecule has 108 valence electrons. The lowest BCUT2D eigenvalue weighted by atomic mass is 9.99. The highest BCUT2D eigenvalue weighted by Gasteiger charge is 2.23. The van der Waals surface area contributed by atoms with Crippen LogP contribution in [-0.4, -0.2) is 23.9 Å². The van der Waals surface area contributed by atoms with E-state index in [-0.39, 0.29) is 5.91 Å². The molecule has 1 heterocycles. The van der Waals surface area contributed by atoms with Gasteiger partial charge in [0.15, 0.2) is 0 Å². The Kier molecular flexibility index (Phi) is 4.39. The van der Waals surface area contributed by atoms with E-state index in [2.05, 4.69) is 46.3 Å². The zero-order chi connectivity index (χ0) is 14.7. The molecule has 0 aromatic heterocycles. The highest BCUT2D eigenvalue weighted by atomic mass is 79.9. The number of nitrogens with zero attached hydrogens (tertiary/aromatic N) is 1. The second kappa shape index (κ2) is 6.44. The molecule has 3 rings (SSSR count). The summed E-state index contributed by atoms with van der Waals surface area (Å²) in [5.41, 5.74) is 3.36. The molecule has 1 aliphatic rings. The summed E-state index contributed by atoms with van der Waals surface area (Å²) in [4.78, 5) is 14.5. The molecule has 0 bridgehead atoms. The minimum atomic E-state index is 0.178. The number of hydrogen-bond donors (Lipinski definition) is 0. The molecule has 0 N–H and O–H groups in total. The minimum absolute atomic E-state index is 0.178. The summed E-state index contributed by atoms with van der Waals surface area (Å²) in [6, 6.07) is 16.4. The summed E-state index contributed by atoms with van der Waals surface area (Å²) in [6.07, 6.45) is 2.99. The van der Waals surface area contributed by atoms with E-state index in [9.17, 15) is 4.79 Å². The lowest BCUT2D eigenvalue weighted by Crippen LogP contribution is -2.38. The van der Waals surface area contributed by atoms with Crippen molar-refractivity contribution in [2.75, 3.05) is 13.1 Å². The number of aryl methyl sites for hydroxylation is 1. The Hall–Kier alpha value is -1.61. The van der Waals surface area contributed by atoms with Crippen LogP contribution in [0.3, 0.4) is 0 Å². The Bertz CT molecular complexity index is 639. The van der Waals surface area contributed by atoms with Gasteiger partial charge in [-0.1, -0.05) is 46.3 Å². The van der Waals surface area contributed by atoms with E-state index in [1.807, 2.05) is 23.1 Å². The van der Waals surface area contributed by atoms with Crippen molar-refractivity contribution in [3.05, 3.63) is 69.7 Å². The fraction of sp³-hybridized carbons (Fsp3) is 0.278. The topological polar surface area (TPSA) is 20.3 Å². The predicted molar refractivity (Wildman–Crippen MR) is 88.5 cm³/mol. The van der Waals surface area contributed by atoms with Crippen molar-refractivity contribution in [3.8, 4) is 0 Å². The van der Waals surface area contributed by atoms with Crippen LogP contribution in [0.15, 0.2) is 53.0 Å². The quantitative estimate of drug-likeness (QED) is 0.818. The lowest BCUT2D eigenvalue weighted by molar-refractivity contribution is 0.0738. The molecule has 0 radical (unpaired) electrons. The molecule has 2 nitrogen and oxygen atoms in total. The van der Waals surface area contributed by atoms with Gasteiger partial charge in [0, 0.05) is 23.1 Å². The molecular formula is C18H18BrNO. The van der Waals surface area contributed by atoms with E-state index >= 15 is 0 Å². The van der Waals surface area contributed by atoms with Gasteiger partial charge in [-0.2, -0.15) is 0 Å². The van der Waals surface area contributed by atoms with Gasteiger partial charge in [-0.15, -0.1) is 0 Å². The van der Waals surface area contributed by atoms with E-state index in [1.165, 1.54) is 5.56 Å². The highest BCUT2D eigenvalue weighted by molar-refractivity contribution is 9.10. The number of benzene rings is 2. The Morgan fingerprint density at radius 3 is 2.71 bits per heavy atom. The van der Waals surface area contributed by atoms with E-state index in [4.69, 9.17) is 0 Å². The van der Waals surface area contributed by atoms with Gasteiger partial charge < -0.3 is 4.90 Å². The molecule has 0 fully saturated rings. The number of hydrogen-bond acceptors (Lipinski definition) is 1. The minimum Gasteiger partial charge on any atom is -0.338 e. The summed E-state index contributed by atoms with van der Waals surface area (Å²) in [5, 5.41) is 0. The van der Waals surface area contributed by atoms with Crippen LogP contribution in [0, 0.1) is 0 Å². The summed E-state index contributed by atoms with van der Waals surface area (Å²) in [7, 11) is 0. The van der Waals surface area contributed by atoms with Gasteiger partial charge in [0.1, 0.15) is 0 Å². The third kappa shape index (κ3) is 3.35. The molecule has 2 aromatic rings. The van der Waals surface area contributed by atoms with Crippen molar-refractivity contribution in [3.63, 3.8) is 0 Å². The fourth-order valence-electron chi connectivity index (χ4n) is 2.84. The largest absolute Gasteiger partial charge is 0.338 e. The summed E-state index contributed by atoms with van der Waals surface area (Å²) in [6.45, 7) is 1.67. The van der Waals surface area contributed by atoms with Crippen LogP contribution >= 0.6 is 15.9 Å². The van der Waals surface area contributed by atoms with Crippen molar-refractivity contribution >= 4 is 21.8 Å². The first-order valence-corrected chi connectivity index (χ1v) is 8.15. The SMILES string of the molecule is O=C1c2ccc(Br)cc2CCN1CCCc1ccccc1. The fourth-order valence-corrected chi connectivity index (χ4v) is 3.25. The van der Waals surface area contributed by atoms with Crippen molar-refractivity contribution < 1.29 is 4.79 Å². The second-order valence-electron chi connectivity index (χ2n) is 5.43. The number of rotatable bonds is 4. The molecule has 1 amide bonds. The molecule has 21 heavy (non-hydrogen) atoms. The smallest absolute Gasteiger partial charge is 0.254 e. The molecule has 0 unspecified atom stereocenters. The van der Waals surface area contributed by atoms with Crippen molar-refractivity contribution in [1.29, 1.82) is 0 Å². The van der Waals surface area contributed by atoms with E-state index in [1.54, 1.807) is 0 Å². The molecule has 2 aromatic carbocycles. The molecule has 3 heteroatoms. The second-order valence-corrected chi connectivity index (χ2v) is 6.35. The van der Waals surface area contributed by atoms with Gasteiger partial charge in [0.05, 0.1) is 0 Å². The monoisotopic (exact) mass is 343 g/mol. The summed E-state index contributed by atoms with van der Waals surface area (Å²) >= 11 is 3.47. The van der Waals surface area contributed by atoms with Crippen LogP contribution in [0.25, 0.3) is 0 Å². The molecule has 0 atom stereocenters. The van der Waals surface area contributed by atoms with Crippen LogP contribution in [0.1, 0.15) is 27.9 Å². The number of fused-ring (bicyclic) bond motifs is 1. The molecule has 1 aliphatic heterocycles. The van der Waals surface area contributed by atoms with E-state index < -0.39 is 0 Å². The number of carbonyl (C=O) groups excluding carboxylic acids is 1. The number of carbonyl (C=O) groups is 1. The Morgan fingerprint density at radius 2 is 1.90 bits per heavy atom. The highest BCUT2D eigenvalue weighted by Crippen LogP contribution is 2.23.